The van der Waals surface area contributed by atoms with Crippen LogP contribution in [0, 0.1) is 28.6 Å². The molecule has 0 saturated carbocycles. The van der Waals surface area contributed by atoms with Gasteiger partial charge in [-0.05, 0) is 41.9 Å². The molecule has 22 heavy (non-hydrogen) atoms. The third kappa shape index (κ3) is 2.12. The van der Waals surface area contributed by atoms with Crippen LogP contribution in [0.1, 0.15) is 35.6 Å². The molecule has 108 valence electrons. The lowest BCUT2D eigenvalue weighted by Gasteiger charge is -2.27. The fourth-order valence-corrected chi connectivity index (χ4v) is 3.38. The highest BCUT2D eigenvalue weighted by Gasteiger charge is 2.27. The summed E-state index contributed by atoms with van der Waals surface area (Å²) in [6, 6.07) is 14.3. The van der Waals surface area contributed by atoms with Crippen molar-refractivity contribution in [2.24, 2.45) is 5.92 Å². The van der Waals surface area contributed by atoms with Crippen LogP contribution < -0.4 is 5.73 Å². The first-order chi connectivity index (χ1) is 10.7. The van der Waals surface area contributed by atoms with Crippen molar-refractivity contribution in [1.82, 2.24) is 0 Å². The number of benzene rings is 2. The zero-order chi connectivity index (χ0) is 15.7. The van der Waals surface area contributed by atoms with Gasteiger partial charge in [0.2, 0.25) is 0 Å². The Bertz CT molecular complexity index is 808. The fourth-order valence-electron chi connectivity index (χ4n) is 3.38. The van der Waals surface area contributed by atoms with Gasteiger partial charge in [0.05, 0.1) is 16.8 Å². The molecule has 0 spiro atoms. The summed E-state index contributed by atoms with van der Waals surface area (Å²) in [6.07, 6.45) is 2.81. The van der Waals surface area contributed by atoms with Gasteiger partial charge in [0.15, 0.2) is 0 Å². The molecule has 0 bridgehead atoms. The van der Waals surface area contributed by atoms with E-state index in [0.29, 0.717) is 22.7 Å². The Morgan fingerprint density at radius 2 is 1.73 bits per heavy atom. The van der Waals surface area contributed by atoms with Gasteiger partial charge in [0.1, 0.15) is 12.1 Å². The monoisotopic (exact) mass is 287 g/mol. The molecule has 2 N–H and O–H groups in total. The third-order valence-corrected chi connectivity index (χ3v) is 4.48. The first-order valence-corrected chi connectivity index (χ1v) is 7.50. The minimum absolute atomic E-state index is 0.331. The lowest BCUT2D eigenvalue weighted by molar-refractivity contribution is 0.501. The maximum Gasteiger partial charge on any atom is 0.102 e. The van der Waals surface area contributed by atoms with E-state index in [1.165, 1.54) is 0 Å². The highest BCUT2D eigenvalue weighted by Crippen LogP contribution is 2.41. The van der Waals surface area contributed by atoms with E-state index in [1.807, 2.05) is 30.3 Å². The highest BCUT2D eigenvalue weighted by atomic mass is 14.6. The normalized spacial score (nSPS) is 16.4. The zero-order valence-electron chi connectivity index (χ0n) is 12.6. The Morgan fingerprint density at radius 1 is 1.05 bits per heavy atom. The standard InChI is InChI=1S/C19H17N3/c1-12-7-8-14-15(9-12)18(13-5-3-2-4-6-13)17(11-21)19(22)16(14)10-20/h2-6,12H,7-9,22H2,1H3/t12-/m1/s1. The molecule has 0 aliphatic heterocycles. The van der Waals surface area contributed by atoms with Gasteiger partial charge in [0, 0.05) is 5.56 Å². The number of nitrogens with two attached hydrogens (primary N) is 1. The second-order valence-corrected chi connectivity index (χ2v) is 5.93. The fraction of sp³-hybridized carbons (Fsp3) is 0.263. The number of nitrogens with zero attached hydrogens (tertiary/aromatic N) is 2. The maximum atomic E-state index is 9.61. The molecule has 3 rings (SSSR count). The Labute approximate surface area is 130 Å². The largest absolute Gasteiger partial charge is 0.397 e. The molecular weight excluding hydrogens is 270 g/mol. The molecule has 0 aromatic heterocycles. The summed E-state index contributed by atoms with van der Waals surface area (Å²) in [5, 5.41) is 19.1. The molecule has 0 saturated heterocycles. The lowest BCUT2D eigenvalue weighted by atomic mass is 9.77. The SMILES string of the molecule is C[C@@H]1CCc2c(C#N)c(N)c(C#N)c(-c3ccccc3)c2C1. The first-order valence-electron chi connectivity index (χ1n) is 7.50. The van der Waals surface area contributed by atoms with E-state index >= 15 is 0 Å². The molecule has 1 atom stereocenters. The molecule has 3 nitrogen and oxygen atoms in total. The smallest absolute Gasteiger partial charge is 0.102 e. The Morgan fingerprint density at radius 3 is 2.36 bits per heavy atom. The number of rotatable bonds is 1. The zero-order valence-corrected chi connectivity index (χ0v) is 12.6. The van der Waals surface area contributed by atoms with Crippen molar-refractivity contribution in [3.63, 3.8) is 0 Å². The van der Waals surface area contributed by atoms with Crippen molar-refractivity contribution in [1.29, 1.82) is 10.5 Å². The van der Waals surface area contributed by atoms with Crippen LogP contribution in [0.2, 0.25) is 0 Å². The summed E-state index contributed by atoms with van der Waals surface area (Å²) < 4.78 is 0. The summed E-state index contributed by atoms with van der Waals surface area (Å²) >= 11 is 0. The summed E-state index contributed by atoms with van der Waals surface area (Å²) in [7, 11) is 0. The van der Waals surface area contributed by atoms with Crippen molar-refractivity contribution >= 4 is 5.69 Å². The minimum atomic E-state index is 0.331. The van der Waals surface area contributed by atoms with Gasteiger partial charge in [0.25, 0.3) is 0 Å². The number of hydrogen-bond acceptors (Lipinski definition) is 3. The molecule has 0 amide bonds. The van der Waals surface area contributed by atoms with Gasteiger partial charge in [-0.2, -0.15) is 10.5 Å². The van der Waals surface area contributed by atoms with E-state index in [9.17, 15) is 10.5 Å². The summed E-state index contributed by atoms with van der Waals surface area (Å²) in [5.41, 5.74) is 11.5. The summed E-state index contributed by atoms with van der Waals surface area (Å²) in [6.45, 7) is 2.21. The molecule has 2 aromatic carbocycles. The van der Waals surface area contributed by atoms with Gasteiger partial charge < -0.3 is 5.73 Å². The van der Waals surface area contributed by atoms with Gasteiger partial charge >= 0.3 is 0 Å². The van der Waals surface area contributed by atoms with Crippen LogP contribution in [-0.4, -0.2) is 0 Å². The number of fused-ring (bicyclic) bond motifs is 1. The second-order valence-electron chi connectivity index (χ2n) is 5.93. The molecule has 3 heteroatoms. The van der Waals surface area contributed by atoms with E-state index in [0.717, 1.165) is 41.5 Å². The van der Waals surface area contributed by atoms with Crippen LogP contribution in [0.25, 0.3) is 11.1 Å². The number of nitriles is 2. The van der Waals surface area contributed by atoms with Gasteiger partial charge in [-0.1, -0.05) is 37.3 Å². The highest BCUT2D eigenvalue weighted by molar-refractivity contribution is 5.85. The van der Waals surface area contributed by atoms with E-state index < -0.39 is 0 Å². The van der Waals surface area contributed by atoms with E-state index in [2.05, 4.69) is 19.1 Å². The molecule has 0 fully saturated rings. The average molecular weight is 287 g/mol. The van der Waals surface area contributed by atoms with Gasteiger partial charge in [-0.25, -0.2) is 0 Å². The van der Waals surface area contributed by atoms with Crippen molar-refractivity contribution in [2.45, 2.75) is 26.2 Å². The van der Waals surface area contributed by atoms with Crippen LogP contribution in [0.4, 0.5) is 5.69 Å². The van der Waals surface area contributed by atoms with E-state index in [1.54, 1.807) is 0 Å². The average Bonchev–Trinajstić information content (AvgIpc) is 2.55. The van der Waals surface area contributed by atoms with Crippen LogP contribution in [0.15, 0.2) is 30.3 Å². The molecule has 2 aromatic rings. The topological polar surface area (TPSA) is 73.6 Å². The van der Waals surface area contributed by atoms with Crippen molar-refractivity contribution < 1.29 is 0 Å². The second kappa shape index (κ2) is 5.54. The van der Waals surface area contributed by atoms with Gasteiger partial charge in [-0.15, -0.1) is 0 Å². The predicted octanol–water partition coefficient (Wildman–Crippen LogP) is 3.80. The lowest BCUT2D eigenvalue weighted by Crippen LogP contribution is -2.17. The predicted molar refractivity (Wildman–Crippen MR) is 86.9 cm³/mol. The first kappa shape index (κ1) is 14.2. The molecule has 0 heterocycles. The van der Waals surface area contributed by atoms with Crippen LogP contribution in [-0.2, 0) is 12.8 Å². The van der Waals surface area contributed by atoms with E-state index in [4.69, 9.17) is 5.73 Å². The molecule has 0 radical (unpaired) electrons. The Balaban J connectivity index is 2.41. The maximum absolute atomic E-state index is 9.61. The van der Waals surface area contributed by atoms with Crippen LogP contribution in [0.5, 0.6) is 0 Å². The Kier molecular flexibility index (Phi) is 3.57. The number of hydrogen-bond donors (Lipinski definition) is 1. The molecule has 1 aliphatic carbocycles. The molecule has 0 unspecified atom stereocenters. The summed E-state index contributed by atoms with van der Waals surface area (Å²) in [4.78, 5) is 0. The van der Waals surface area contributed by atoms with Crippen LogP contribution >= 0.6 is 0 Å². The molecular formula is C19H17N3. The number of anilines is 1. The minimum Gasteiger partial charge on any atom is -0.397 e. The third-order valence-electron chi connectivity index (χ3n) is 4.48. The van der Waals surface area contributed by atoms with E-state index in [-0.39, 0.29) is 0 Å². The Hall–Kier alpha value is -2.78. The quantitative estimate of drug-likeness (QED) is 0.811. The van der Waals surface area contributed by atoms with Crippen molar-refractivity contribution in [2.75, 3.05) is 5.73 Å². The van der Waals surface area contributed by atoms with Crippen molar-refractivity contribution in [3.8, 4) is 23.3 Å². The number of nitrogen functional groups attached to an aromatic ring is 1. The summed E-state index contributed by atoms with van der Waals surface area (Å²) in [5.74, 6) is 0.552. The van der Waals surface area contributed by atoms with Gasteiger partial charge in [-0.3, -0.25) is 0 Å². The molecule has 1 aliphatic rings. The van der Waals surface area contributed by atoms with Crippen LogP contribution in [0.3, 0.4) is 0 Å². The van der Waals surface area contributed by atoms with Crippen molar-refractivity contribution in [3.05, 3.63) is 52.6 Å².